The lowest BCUT2D eigenvalue weighted by Crippen LogP contribution is -2.50. The highest BCUT2D eigenvalue weighted by Crippen LogP contribution is 2.46. The number of likely N-dealkylation sites (tertiary alicyclic amines) is 1. The van der Waals surface area contributed by atoms with Gasteiger partial charge < -0.3 is 9.84 Å². The molecule has 0 aromatic rings. The summed E-state index contributed by atoms with van der Waals surface area (Å²) >= 11 is 0. The standard InChI is InChI=1S/C14H25NO3/c1-13(17,12(16)18-2)11-15-9-7-14(8-10-15)5-3-4-6-14/h17H,3-11H2,1-2H3. The van der Waals surface area contributed by atoms with Crippen LogP contribution in [0.2, 0.25) is 0 Å². The van der Waals surface area contributed by atoms with E-state index in [4.69, 9.17) is 0 Å². The first-order valence-corrected chi connectivity index (χ1v) is 7.01. The molecule has 2 rings (SSSR count). The number of nitrogens with zero attached hydrogens (tertiary/aromatic N) is 1. The third-order valence-corrected chi connectivity index (χ3v) is 4.74. The van der Waals surface area contributed by atoms with Crippen LogP contribution in [-0.4, -0.2) is 48.3 Å². The molecule has 1 aliphatic heterocycles. The zero-order valence-electron chi connectivity index (χ0n) is 11.6. The summed E-state index contributed by atoms with van der Waals surface area (Å²) in [7, 11) is 1.32. The van der Waals surface area contributed by atoms with Crippen LogP contribution in [0.15, 0.2) is 0 Å². The summed E-state index contributed by atoms with van der Waals surface area (Å²) in [4.78, 5) is 13.7. The number of hydrogen-bond donors (Lipinski definition) is 1. The fraction of sp³-hybridized carbons (Fsp3) is 0.929. The van der Waals surface area contributed by atoms with Gasteiger partial charge in [0.2, 0.25) is 0 Å². The lowest BCUT2D eigenvalue weighted by Gasteiger charge is -2.41. The monoisotopic (exact) mass is 255 g/mol. The first-order chi connectivity index (χ1) is 8.47. The zero-order valence-corrected chi connectivity index (χ0v) is 11.6. The molecule has 0 aromatic heterocycles. The Morgan fingerprint density at radius 1 is 1.28 bits per heavy atom. The Kier molecular flexibility index (Phi) is 3.97. The van der Waals surface area contributed by atoms with E-state index in [1.54, 1.807) is 6.92 Å². The van der Waals surface area contributed by atoms with E-state index in [0.29, 0.717) is 12.0 Å². The maximum Gasteiger partial charge on any atom is 0.338 e. The van der Waals surface area contributed by atoms with Crippen LogP contribution >= 0.6 is 0 Å². The molecule has 1 aliphatic carbocycles. The number of rotatable bonds is 3. The normalized spacial score (nSPS) is 27.1. The second-order valence-electron chi connectivity index (χ2n) is 6.25. The second kappa shape index (κ2) is 5.17. The van der Waals surface area contributed by atoms with Gasteiger partial charge in [-0.2, -0.15) is 0 Å². The number of carbonyl (C=O) groups excluding carboxylic acids is 1. The highest BCUT2D eigenvalue weighted by Gasteiger charge is 2.40. The minimum atomic E-state index is -1.38. The zero-order chi connectivity index (χ0) is 13.2. The molecule has 18 heavy (non-hydrogen) atoms. The average Bonchev–Trinajstić information content (AvgIpc) is 2.80. The Morgan fingerprint density at radius 3 is 2.33 bits per heavy atom. The van der Waals surface area contributed by atoms with E-state index in [0.717, 1.165) is 13.1 Å². The largest absolute Gasteiger partial charge is 0.467 e. The van der Waals surface area contributed by atoms with E-state index in [9.17, 15) is 9.90 Å². The fourth-order valence-electron chi connectivity index (χ4n) is 3.53. The summed E-state index contributed by atoms with van der Waals surface area (Å²) in [6.45, 7) is 3.91. The number of hydrogen-bond acceptors (Lipinski definition) is 4. The maximum absolute atomic E-state index is 11.5. The first kappa shape index (κ1) is 13.8. The molecular formula is C14H25NO3. The van der Waals surface area contributed by atoms with Crippen molar-refractivity contribution in [3.63, 3.8) is 0 Å². The van der Waals surface area contributed by atoms with Crippen LogP contribution in [-0.2, 0) is 9.53 Å². The highest BCUT2D eigenvalue weighted by atomic mass is 16.5. The third-order valence-electron chi connectivity index (χ3n) is 4.74. The highest BCUT2D eigenvalue weighted by molar-refractivity contribution is 5.78. The molecule has 1 saturated carbocycles. The summed E-state index contributed by atoms with van der Waals surface area (Å²) < 4.78 is 4.63. The van der Waals surface area contributed by atoms with Crippen molar-refractivity contribution in [3.05, 3.63) is 0 Å². The van der Waals surface area contributed by atoms with Crippen LogP contribution in [0.4, 0.5) is 0 Å². The Hall–Kier alpha value is -0.610. The molecule has 1 heterocycles. The predicted molar refractivity (Wildman–Crippen MR) is 69.2 cm³/mol. The summed E-state index contributed by atoms with van der Waals surface area (Å²) in [6.07, 6.45) is 7.91. The van der Waals surface area contributed by atoms with E-state index >= 15 is 0 Å². The average molecular weight is 255 g/mol. The van der Waals surface area contributed by atoms with Crippen molar-refractivity contribution in [2.45, 2.75) is 51.0 Å². The quantitative estimate of drug-likeness (QED) is 0.778. The molecule has 1 N–H and O–H groups in total. The van der Waals surface area contributed by atoms with Gasteiger partial charge in [0, 0.05) is 6.54 Å². The molecule has 2 aliphatic rings. The van der Waals surface area contributed by atoms with E-state index in [1.807, 2.05) is 0 Å². The van der Waals surface area contributed by atoms with Gasteiger partial charge in [-0.15, -0.1) is 0 Å². The van der Waals surface area contributed by atoms with Crippen molar-refractivity contribution in [1.82, 2.24) is 4.90 Å². The molecule has 4 heteroatoms. The van der Waals surface area contributed by atoms with Crippen LogP contribution in [0.3, 0.4) is 0 Å². The Balaban J connectivity index is 1.85. The van der Waals surface area contributed by atoms with Gasteiger partial charge in [0.1, 0.15) is 0 Å². The van der Waals surface area contributed by atoms with Gasteiger partial charge in [0.05, 0.1) is 7.11 Å². The summed E-state index contributed by atoms with van der Waals surface area (Å²) in [6, 6.07) is 0. The molecule has 0 amide bonds. The molecule has 1 saturated heterocycles. The number of carbonyl (C=O) groups is 1. The van der Waals surface area contributed by atoms with Crippen LogP contribution in [0.5, 0.6) is 0 Å². The maximum atomic E-state index is 11.5. The van der Waals surface area contributed by atoms with Gasteiger partial charge in [-0.25, -0.2) is 4.79 Å². The number of aliphatic hydroxyl groups is 1. The minimum Gasteiger partial charge on any atom is -0.467 e. The molecule has 2 fully saturated rings. The number of methoxy groups -OCH3 is 1. The fourth-order valence-corrected chi connectivity index (χ4v) is 3.53. The first-order valence-electron chi connectivity index (χ1n) is 7.01. The topological polar surface area (TPSA) is 49.8 Å². The van der Waals surface area contributed by atoms with Crippen molar-refractivity contribution in [2.24, 2.45) is 5.41 Å². The lowest BCUT2D eigenvalue weighted by molar-refractivity contribution is -0.162. The van der Waals surface area contributed by atoms with E-state index < -0.39 is 11.6 Å². The Morgan fingerprint density at radius 2 is 1.83 bits per heavy atom. The molecule has 104 valence electrons. The van der Waals surface area contributed by atoms with Crippen molar-refractivity contribution in [3.8, 4) is 0 Å². The van der Waals surface area contributed by atoms with E-state index in [1.165, 1.54) is 45.6 Å². The molecule has 1 spiro atoms. The van der Waals surface area contributed by atoms with Crippen LogP contribution in [0, 0.1) is 5.41 Å². The lowest BCUT2D eigenvalue weighted by atomic mass is 9.77. The molecule has 1 unspecified atom stereocenters. The van der Waals surface area contributed by atoms with Gasteiger partial charge in [-0.1, -0.05) is 12.8 Å². The van der Waals surface area contributed by atoms with Crippen molar-refractivity contribution >= 4 is 5.97 Å². The number of esters is 1. The smallest absolute Gasteiger partial charge is 0.338 e. The van der Waals surface area contributed by atoms with Gasteiger partial charge in [0.15, 0.2) is 5.60 Å². The van der Waals surface area contributed by atoms with Crippen molar-refractivity contribution in [1.29, 1.82) is 0 Å². The van der Waals surface area contributed by atoms with Gasteiger partial charge >= 0.3 is 5.97 Å². The third kappa shape index (κ3) is 2.86. The predicted octanol–water partition coefficient (Wildman–Crippen LogP) is 1.57. The molecule has 1 atom stereocenters. The van der Waals surface area contributed by atoms with Gasteiger partial charge in [0.25, 0.3) is 0 Å². The van der Waals surface area contributed by atoms with E-state index in [2.05, 4.69) is 9.64 Å². The Bertz CT molecular complexity index is 298. The summed E-state index contributed by atoms with van der Waals surface area (Å²) in [5.74, 6) is -0.538. The second-order valence-corrected chi connectivity index (χ2v) is 6.25. The molecule has 0 bridgehead atoms. The number of piperidine rings is 1. The SMILES string of the molecule is COC(=O)C(C)(O)CN1CCC2(CCCC2)CC1. The molecular weight excluding hydrogens is 230 g/mol. The number of β-amino-alcohol motifs (C(OH)–C–C–N with tert-alkyl or cyclic N) is 1. The Labute approximate surface area is 109 Å². The summed E-state index contributed by atoms with van der Waals surface area (Å²) in [5.41, 5.74) is -0.803. The summed E-state index contributed by atoms with van der Waals surface area (Å²) in [5, 5.41) is 10.1. The molecule has 0 aromatic carbocycles. The van der Waals surface area contributed by atoms with Crippen molar-refractivity contribution in [2.75, 3.05) is 26.7 Å². The van der Waals surface area contributed by atoms with Gasteiger partial charge in [-0.3, -0.25) is 4.90 Å². The van der Waals surface area contributed by atoms with Gasteiger partial charge in [-0.05, 0) is 51.1 Å². The van der Waals surface area contributed by atoms with E-state index in [-0.39, 0.29) is 0 Å². The molecule has 0 radical (unpaired) electrons. The van der Waals surface area contributed by atoms with Crippen LogP contribution < -0.4 is 0 Å². The van der Waals surface area contributed by atoms with Crippen LogP contribution in [0.25, 0.3) is 0 Å². The minimum absolute atomic E-state index is 0.385. The number of ether oxygens (including phenoxy) is 1. The van der Waals surface area contributed by atoms with Crippen LogP contribution in [0.1, 0.15) is 45.4 Å². The molecule has 4 nitrogen and oxygen atoms in total. The van der Waals surface area contributed by atoms with Crippen molar-refractivity contribution < 1.29 is 14.6 Å².